The van der Waals surface area contributed by atoms with Gasteiger partial charge < -0.3 is 10.2 Å². The van der Waals surface area contributed by atoms with Crippen molar-refractivity contribution in [2.24, 2.45) is 0 Å². The molecule has 2 aromatic rings. The van der Waals surface area contributed by atoms with Gasteiger partial charge in [0.05, 0.1) is 5.00 Å². The maximum atomic E-state index is 4.24. The number of nitrogens with zero attached hydrogens (tertiary/aromatic N) is 3. The molecule has 0 bridgehead atoms. The molecule has 0 spiro atoms. The molecule has 2 aromatic heterocycles. The van der Waals surface area contributed by atoms with E-state index >= 15 is 0 Å². The number of rotatable bonds is 3. The van der Waals surface area contributed by atoms with Gasteiger partial charge in [-0.3, -0.25) is 0 Å². The largest absolute Gasteiger partial charge is 0.373 e. The van der Waals surface area contributed by atoms with E-state index in [1.165, 1.54) is 0 Å². The van der Waals surface area contributed by atoms with Gasteiger partial charge in [-0.2, -0.15) is 0 Å². The third kappa shape index (κ3) is 2.33. The highest BCUT2D eigenvalue weighted by Gasteiger charge is 2.08. The summed E-state index contributed by atoms with van der Waals surface area (Å²) < 4.78 is 1.09. The van der Waals surface area contributed by atoms with Gasteiger partial charge in [0.1, 0.15) is 18.0 Å². The molecule has 0 aliphatic heterocycles. The fourth-order valence-corrected chi connectivity index (χ4v) is 2.66. The molecule has 0 aromatic carbocycles. The summed E-state index contributed by atoms with van der Waals surface area (Å²) in [6.07, 6.45) is 1.56. The van der Waals surface area contributed by atoms with Crippen LogP contribution in [0.4, 0.5) is 16.6 Å². The summed E-state index contributed by atoms with van der Waals surface area (Å²) in [6.45, 7) is 0. The van der Waals surface area contributed by atoms with Crippen molar-refractivity contribution in [2.45, 2.75) is 0 Å². The lowest BCUT2D eigenvalue weighted by Gasteiger charge is -2.15. The van der Waals surface area contributed by atoms with E-state index in [1.54, 1.807) is 17.7 Å². The Morgan fingerprint density at radius 3 is 2.81 bits per heavy atom. The van der Waals surface area contributed by atoms with Crippen molar-refractivity contribution in [3.63, 3.8) is 0 Å². The van der Waals surface area contributed by atoms with Crippen LogP contribution in [0.5, 0.6) is 0 Å². The molecule has 0 fully saturated rings. The van der Waals surface area contributed by atoms with Gasteiger partial charge in [0.25, 0.3) is 0 Å². The summed E-state index contributed by atoms with van der Waals surface area (Å²) >= 11 is 5.10. The topological polar surface area (TPSA) is 41.0 Å². The van der Waals surface area contributed by atoms with Gasteiger partial charge in [0.2, 0.25) is 0 Å². The normalized spacial score (nSPS) is 10.2. The van der Waals surface area contributed by atoms with Crippen LogP contribution in [-0.2, 0) is 0 Å². The van der Waals surface area contributed by atoms with Crippen LogP contribution >= 0.6 is 27.3 Å². The molecule has 0 saturated heterocycles. The highest BCUT2D eigenvalue weighted by Crippen LogP contribution is 2.31. The third-order valence-corrected chi connectivity index (χ3v) is 3.90. The molecular formula is C10H11BrN4S. The van der Waals surface area contributed by atoms with Crippen molar-refractivity contribution in [1.82, 2.24) is 9.97 Å². The van der Waals surface area contributed by atoms with Crippen LogP contribution in [-0.4, -0.2) is 24.1 Å². The number of hydrogen-bond acceptors (Lipinski definition) is 5. The lowest BCUT2D eigenvalue weighted by Crippen LogP contribution is -2.10. The van der Waals surface area contributed by atoms with Crippen molar-refractivity contribution < 1.29 is 0 Å². The van der Waals surface area contributed by atoms with E-state index in [4.69, 9.17) is 0 Å². The zero-order chi connectivity index (χ0) is 11.5. The molecule has 2 rings (SSSR count). The lowest BCUT2D eigenvalue weighted by molar-refractivity contribution is 1.09. The van der Waals surface area contributed by atoms with E-state index in [0.29, 0.717) is 0 Å². The number of halogens is 1. The first-order valence-electron chi connectivity index (χ1n) is 4.68. The van der Waals surface area contributed by atoms with E-state index < -0.39 is 0 Å². The van der Waals surface area contributed by atoms with Crippen molar-refractivity contribution in [1.29, 1.82) is 0 Å². The number of anilines is 3. The Kier molecular flexibility index (Phi) is 3.40. The molecule has 0 aliphatic rings. The Morgan fingerprint density at radius 1 is 1.38 bits per heavy atom. The average molecular weight is 299 g/mol. The molecule has 0 unspecified atom stereocenters. The first-order valence-corrected chi connectivity index (χ1v) is 6.35. The van der Waals surface area contributed by atoms with Crippen LogP contribution in [0.3, 0.4) is 0 Å². The van der Waals surface area contributed by atoms with E-state index in [-0.39, 0.29) is 0 Å². The van der Waals surface area contributed by atoms with Crippen LogP contribution in [0.2, 0.25) is 0 Å². The van der Waals surface area contributed by atoms with Crippen molar-refractivity contribution in [3.05, 3.63) is 28.3 Å². The Hall–Kier alpha value is -1.14. The summed E-state index contributed by atoms with van der Waals surface area (Å²) in [5, 5.41) is 6.17. The van der Waals surface area contributed by atoms with E-state index in [0.717, 1.165) is 21.1 Å². The number of nitrogens with one attached hydrogen (secondary N) is 1. The van der Waals surface area contributed by atoms with E-state index in [9.17, 15) is 0 Å². The summed E-state index contributed by atoms with van der Waals surface area (Å²) in [4.78, 5) is 10.3. The number of aromatic nitrogens is 2. The minimum absolute atomic E-state index is 0.812. The Bertz CT molecular complexity index is 485. The smallest absolute Gasteiger partial charge is 0.138 e. The highest BCUT2D eigenvalue weighted by atomic mass is 79.9. The second kappa shape index (κ2) is 4.80. The number of hydrogen-bond donors (Lipinski definition) is 1. The molecule has 1 N–H and O–H groups in total. The molecule has 84 valence electrons. The molecule has 0 amide bonds. The lowest BCUT2D eigenvalue weighted by atomic mass is 10.4. The fraction of sp³-hybridized carbons (Fsp3) is 0.200. The predicted molar refractivity (Wildman–Crippen MR) is 71.7 cm³/mol. The van der Waals surface area contributed by atoms with Crippen molar-refractivity contribution in [2.75, 3.05) is 24.3 Å². The SMILES string of the molecule is CNc1cc(N(C)c2cc(Br)cs2)ncn1. The van der Waals surface area contributed by atoms with Gasteiger partial charge in [-0.05, 0) is 22.0 Å². The zero-order valence-electron chi connectivity index (χ0n) is 8.94. The monoisotopic (exact) mass is 298 g/mol. The Labute approximate surface area is 106 Å². The summed E-state index contributed by atoms with van der Waals surface area (Å²) in [7, 11) is 3.83. The Balaban J connectivity index is 2.29. The molecule has 0 atom stereocenters. The van der Waals surface area contributed by atoms with E-state index in [1.807, 2.05) is 30.4 Å². The van der Waals surface area contributed by atoms with Crippen LogP contribution < -0.4 is 10.2 Å². The van der Waals surface area contributed by atoms with Gasteiger partial charge in [-0.1, -0.05) is 0 Å². The fourth-order valence-electron chi connectivity index (χ4n) is 1.26. The molecule has 0 radical (unpaired) electrons. The molecule has 6 heteroatoms. The maximum Gasteiger partial charge on any atom is 0.138 e. The minimum Gasteiger partial charge on any atom is -0.373 e. The van der Waals surface area contributed by atoms with Crippen LogP contribution in [0.25, 0.3) is 0 Å². The number of thiophene rings is 1. The standard InChI is InChI=1S/C10H11BrN4S/c1-12-8-4-9(14-6-13-8)15(2)10-3-7(11)5-16-10/h3-6H,1-2H3,(H,12,13,14). The zero-order valence-corrected chi connectivity index (χ0v) is 11.3. The van der Waals surface area contributed by atoms with Gasteiger partial charge in [-0.25, -0.2) is 9.97 Å². The van der Waals surface area contributed by atoms with Gasteiger partial charge >= 0.3 is 0 Å². The molecule has 2 heterocycles. The predicted octanol–water partition coefficient (Wildman–Crippen LogP) is 3.11. The average Bonchev–Trinajstić information content (AvgIpc) is 2.75. The van der Waals surface area contributed by atoms with Crippen molar-refractivity contribution >= 4 is 43.9 Å². The second-order valence-electron chi connectivity index (χ2n) is 3.17. The quantitative estimate of drug-likeness (QED) is 0.945. The van der Waals surface area contributed by atoms with Crippen LogP contribution in [0.1, 0.15) is 0 Å². The maximum absolute atomic E-state index is 4.24. The molecular weight excluding hydrogens is 288 g/mol. The van der Waals surface area contributed by atoms with Gasteiger partial charge in [0.15, 0.2) is 0 Å². The van der Waals surface area contributed by atoms with Gasteiger partial charge in [0, 0.05) is 30.0 Å². The van der Waals surface area contributed by atoms with Crippen LogP contribution in [0.15, 0.2) is 28.3 Å². The molecule has 4 nitrogen and oxygen atoms in total. The molecule has 16 heavy (non-hydrogen) atoms. The summed E-state index contributed by atoms with van der Waals surface area (Å²) in [5.41, 5.74) is 0. The highest BCUT2D eigenvalue weighted by molar-refractivity contribution is 9.10. The van der Waals surface area contributed by atoms with E-state index in [2.05, 4.69) is 37.3 Å². The Morgan fingerprint density at radius 2 is 2.19 bits per heavy atom. The summed E-state index contributed by atoms with van der Waals surface area (Å²) in [5.74, 6) is 1.68. The van der Waals surface area contributed by atoms with Gasteiger partial charge in [-0.15, -0.1) is 11.3 Å². The summed E-state index contributed by atoms with van der Waals surface area (Å²) in [6, 6.07) is 3.97. The first-order chi connectivity index (χ1) is 7.70. The third-order valence-electron chi connectivity index (χ3n) is 2.14. The second-order valence-corrected chi connectivity index (χ2v) is 4.98. The molecule has 0 saturated carbocycles. The minimum atomic E-state index is 0.812. The first kappa shape index (κ1) is 11.3. The van der Waals surface area contributed by atoms with Crippen molar-refractivity contribution in [3.8, 4) is 0 Å². The molecule has 0 aliphatic carbocycles. The van der Waals surface area contributed by atoms with Crippen LogP contribution in [0, 0.1) is 0 Å².